The zero-order chi connectivity index (χ0) is 23.7. The lowest BCUT2D eigenvalue weighted by molar-refractivity contribution is 0.102. The second-order valence-corrected chi connectivity index (χ2v) is 11.1. The molecule has 0 saturated carbocycles. The van der Waals surface area contributed by atoms with E-state index >= 15 is 0 Å². The standard InChI is InChI=1S/C28H23NO3S2/c1-19-6-13-25(14-7-19)34(31,32)29-23-9-11-24(12-10-23)33-18-28(30)21-8-15-27-22(17-21)16-20-4-2-3-5-26(20)27/h2-15,17,29H,16,18H2,1H3. The Morgan fingerprint density at radius 3 is 2.32 bits per heavy atom. The van der Waals surface area contributed by atoms with Crippen LogP contribution in [0.25, 0.3) is 11.1 Å². The van der Waals surface area contributed by atoms with Gasteiger partial charge in [0.1, 0.15) is 0 Å². The van der Waals surface area contributed by atoms with Gasteiger partial charge in [0.2, 0.25) is 0 Å². The van der Waals surface area contributed by atoms with Crippen LogP contribution in [-0.2, 0) is 16.4 Å². The number of hydrogen-bond donors (Lipinski definition) is 1. The highest BCUT2D eigenvalue weighted by atomic mass is 32.2. The maximum Gasteiger partial charge on any atom is 0.261 e. The summed E-state index contributed by atoms with van der Waals surface area (Å²) in [5.41, 5.74) is 7.17. The summed E-state index contributed by atoms with van der Waals surface area (Å²) >= 11 is 1.44. The number of benzene rings is 4. The van der Waals surface area contributed by atoms with Gasteiger partial charge in [-0.2, -0.15) is 0 Å². The number of carbonyl (C=O) groups is 1. The first-order chi connectivity index (χ1) is 16.4. The van der Waals surface area contributed by atoms with Crippen LogP contribution in [0.15, 0.2) is 101 Å². The fourth-order valence-electron chi connectivity index (χ4n) is 4.10. The number of ketones is 1. The summed E-state index contributed by atoms with van der Waals surface area (Å²) in [6, 6.07) is 28.1. The first-order valence-electron chi connectivity index (χ1n) is 11.0. The van der Waals surface area contributed by atoms with Gasteiger partial charge in [-0.1, -0.05) is 54.1 Å². The van der Waals surface area contributed by atoms with E-state index in [1.165, 1.54) is 34.0 Å². The average Bonchev–Trinajstić information content (AvgIpc) is 3.21. The molecule has 0 saturated heterocycles. The van der Waals surface area contributed by atoms with E-state index in [0.717, 1.165) is 22.4 Å². The molecule has 4 aromatic rings. The van der Waals surface area contributed by atoms with Crippen LogP contribution in [0.2, 0.25) is 0 Å². The number of anilines is 1. The molecule has 5 rings (SSSR count). The molecule has 0 aliphatic heterocycles. The van der Waals surface area contributed by atoms with E-state index in [1.54, 1.807) is 36.4 Å². The molecule has 34 heavy (non-hydrogen) atoms. The van der Waals surface area contributed by atoms with Gasteiger partial charge in [-0.15, -0.1) is 11.8 Å². The number of thioether (sulfide) groups is 1. The van der Waals surface area contributed by atoms with Crippen LogP contribution in [0.1, 0.15) is 27.0 Å². The lowest BCUT2D eigenvalue weighted by atomic mass is 10.0. The first-order valence-corrected chi connectivity index (χ1v) is 13.4. The van der Waals surface area contributed by atoms with Crippen LogP contribution >= 0.6 is 11.8 Å². The topological polar surface area (TPSA) is 63.2 Å². The van der Waals surface area contributed by atoms with Crippen molar-refractivity contribution in [2.45, 2.75) is 23.1 Å². The zero-order valence-electron chi connectivity index (χ0n) is 18.6. The highest BCUT2D eigenvalue weighted by Gasteiger charge is 2.19. The van der Waals surface area contributed by atoms with Crippen molar-refractivity contribution in [3.8, 4) is 11.1 Å². The molecule has 0 bridgehead atoms. The fourth-order valence-corrected chi connectivity index (χ4v) is 5.95. The van der Waals surface area contributed by atoms with Crippen molar-refractivity contribution < 1.29 is 13.2 Å². The van der Waals surface area contributed by atoms with Gasteiger partial charge in [-0.05, 0) is 78.1 Å². The van der Waals surface area contributed by atoms with Crippen LogP contribution in [0, 0.1) is 6.92 Å². The number of rotatable bonds is 7. The highest BCUT2D eigenvalue weighted by Crippen LogP contribution is 2.37. The van der Waals surface area contributed by atoms with Crippen LogP contribution in [0.4, 0.5) is 5.69 Å². The molecule has 1 aliphatic rings. The molecule has 0 unspecified atom stereocenters. The molecular formula is C28H23NO3S2. The molecule has 4 nitrogen and oxygen atoms in total. The molecule has 0 spiro atoms. The molecule has 0 radical (unpaired) electrons. The molecule has 0 fully saturated rings. The lowest BCUT2D eigenvalue weighted by Crippen LogP contribution is -2.12. The van der Waals surface area contributed by atoms with Crippen LogP contribution in [-0.4, -0.2) is 20.0 Å². The van der Waals surface area contributed by atoms with E-state index in [-0.39, 0.29) is 10.7 Å². The Morgan fingerprint density at radius 2 is 1.56 bits per heavy atom. The summed E-state index contributed by atoms with van der Waals surface area (Å²) in [5, 5.41) is 0. The normalized spacial score (nSPS) is 12.1. The zero-order valence-corrected chi connectivity index (χ0v) is 20.2. The number of hydrogen-bond acceptors (Lipinski definition) is 4. The van der Waals surface area contributed by atoms with Crippen molar-refractivity contribution in [2.24, 2.45) is 0 Å². The summed E-state index contributed by atoms with van der Waals surface area (Å²) in [7, 11) is -3.64. The van der Waals surface area contributed by atoms with Gasteiger partial charge in [-0.25, -0.2) is 8.42 Å². The second-order valence-electron chi connectivity index (χ2n) is 8.36. The van der Waals surface area contributed by atoms with Crippen molar-refractivity contribution in [1.82, 2.24) is 0 Å². The fraction of sp³-hybridized carbons (Fsp3) is 0.107. The van der Waals surface area contributed by atoms with E-state index in [1.807, 2.05) is 49.4 Å². The second kappa shape index (κ2) is 9.12. The first kappa shape index (κ1) is 22.4. The molecule has 0 amide bonds. The summed E-state index contributed by atoms with van der Waals surface area (Å²) in [6.07, 6.45) is 0.861. The number of fused-ring (bicyclic) bond motifs is 3. The molecule has 0 atom stereocenters. The maximum absolute atomic E-state index is 12.8. The summed E-state index contributed by atoms with van der Waals surface area (Å²) in [5.74, 6) is 0.396. The minimum Gasteiger partial charge on any atom is -0.293 e. The molecule has 170 valence electrons. The Kier molecular flexibility index (Phi) is 6.02. The Labute approximate surface area is 204 Å². The van der Waals surface area contributed by atoms with E-state index in [4.69, 9.17) is 0 Å². The minimum atomic E-state index is -3.64. The summed E-state index contributed by atoms with van der Waals surface area (Å²) in [4.78, 5) is 13.9. The Balaban J connectivity index is 1.21. The lowest BCUT2D eigenvalue weighted by Gasteiger charge is -2.09. The monoisotopic (exact) mass is 485 g/mol. The molecule has 6 heteroatoms. The minimum absolute atomic E-state index is 0.0768. The van der Waals surface area contributed by atoms with Crippen molar-refractivity contribution in [3.05, 3.63) is 113 Å². The van der Waals surface area contributed by atoms with E-state index in [2.05, 4.69) is 16.9 Å². The molecule has 0 aromatic heterocycles. The van der Waals surface area contributed by atoms with Gasteiger partial charge in [0.25, 0.3) is 10.0 Å². The largest absolute Gasteiger partial charge is 0.293 e. The van der Waals surface area contributed by atoms with Gasteiger partial charge in [0.15, 0.2) is 5.78 Å². The van der Waals surface area contributed by atoms with Crippen molar-refractivity contribution >= 4 is 33.3 Å². The third-order valence-corrected chi connectivity index (χ3v) is 8.33. The van der Waals surface area contributed by atoms with Crippen molar-refractivity contribution in [3.63, 3.8) is 0 Å². The van der Waals surface area contributed by atoms with Crippen LogP contribution in [0.5, 0.6) is 0 Å². The third kappa shape index (κ3) is 4.65. The van der Waals surface area contributed by atoms with Crippen LogP contribution < -0.4 is 4.72 Å². The Hall–Kier alpha value is -3.35. The number of nitrogens with one attached hydrogen (secondary N) is 1. The average molecular weight is 486 g/mol. The van der Waals surface area contributed by atoms with Gasteiger partial charge in [-0.3, -0.25) is 9.52 Å². The molecule has 1 aliphatic carbocycles. The predicted molar refractivity (Wildman–Crippen MR) is 138 cm³/mol. The van der Waals surface area contributed by atoms with E-state index in [9.17, 15) is 13.2 Å². The SMILES string of the molecule is Cc1ccc(S(=O)(=O)Nc2ccc(SCC(=O)c3ccc4c(c3)Cc3ccccc3-4)cc2)cc1. The summed E-state index contributed by atoms with van der Waals surface area (Å²) < 4.78 is 27.7. The van der Waals surface area contributed by atoms with Crippen molar-refractivity contribution in [2.75, 3.05) is 10.5 Å². The Bertz CT molecular complexity index is 1480. The highest BCUT2D eigenvalue weighted by molar-refractivity contribution is 8.00. The maximum atomic E-state index is 12.8. The predicted octanol–water partition coefficient (Wildman–Crippen LogP) is 6.34. The van der Waals surface area contributed by atoms with Gasteiger partial charge >= 0.3 is 0 Å². The van der Waals surface area contributed by atoms with Crippen molar-refractivity contribution in [1.29, 1.82) is 0 Å². The quantitative estimate of drug-likeness (QED) is 0.216. The molecule has 1 N–H and O–H groups in total. The van der Waals surface area contributed by atoms with E-state index < -0.39 is 10.0 Å². The molecular weight excluding hydrogens is 462 g/mol. The molecule has 0 heterocycles. The van der Waals surface area contributed by atoms with Gasteiger partial charge < -0.3 is 0 Å². The third-order valence-electron chi connectivity index (χ3n) is 5.92. The number of aryl methyl sites for hydroxylation is 1. The smallest absolute Gasteiger partial charge is 0.261 e. The van der Waals surface area contributed by atoms with E-state index in [0.29, 0.717) is 11.4 Å². The van der Waals surface area contributed by atoms with Gasteiger partial charge in [0, 0.05) is 16.1 Å². The molecule has 4 aromatic carbocycles. The summed E-state index contributed by atoms with van der Waals surface area (Å²) in [6.45, 7) is 1.91. The number of sulfonamides is 1. The van der Waals surface area contributed by atoms with Crippen LogP contribution in [0.3, 0.4) is 0 Å². The number of carbonyl (C=O) groups excluding carboxylic acids is 1. The van der Waals surface area contributed by atoms with Gasteiger partial charge in [0.05, 0.1) is 10.6 Å². The number of Topliss-reactive ketones (excluding diaryl/α,β-unsaturated/α-hetero) is 1. The Morgan fingerprint density at radius 1 is 0.853 bits per heavy atom.